The van der Waals surface area contributed by atoms with E-state index in [1.807, 2.05) is 36.4 Å². The Morgan fingerprint density at radius 1 is 0.822 bits per heavy atom. The van der Waals surface area contributed by atoms with E-state index in [4.69, 9.17) is 15.2 Å². The zero-order chi connectivity index (χ0) is 32.6. The molecule has 236 valence electrons. The molecule has 5 amide bonds. The van der Waals surface area contributed by atoms with Gasteiger partial charge in [0.2, 0.25) is 11.8 Å². The zero-order valence-electron chi connectivity index (χ0n) is 25.3. The second-order valence-electron chi connectivity index (χ2n) is 11.7. The quantitative estimate of drug-likeness (QED) is 0.172. The average molecular weight is 616 g/mol. The van der Waals surface area contributed by atoms with E-state index in [0.717, 1.165) is 22.3 Å². The summed E-state index contributed by atoms with van der Waals surface area (Å²) in [6, 6.07) is 23.2. The lowest BCUT2D eigenvalue weighted by Crippen LogP contribution is -2.50. The summed E-state index contributed by atoms with van der Waals surface area (Å²) in [6.45, 7) is 5.58. The molecule has 0 fully saturated rings. The Morgan fingerprint density at radius 2 is 1.44 bits per heavy atom. The standard InChI is InChI=1S/C33H37N5O7/c1-33(2,3)36-32(43)45-27(30(41)38-37-29(40)17-28(34)39)16-20-9-8-10-21(15-20)18-35-31(42)44-19-26-24-13-6-4-11-22(24)23-12-5-7-14-25(23)26/h4-15,26-27H,16-19H2,1-3H3,(H2,34,39)(H,35,42)(H,36,43)(H,37,40)(H,38,41)/t27-/m0/s1. The number of hydrazine groups is 1. The zero-order valence-corrected chi connectivity index (χ0v) is 25.3. The smallest absolute Gasteiger partial charge is 0.408 e. The molecule has 6 N–H and O–H groups in total. The van der Waals surface area contributed by atoms with E-state index in [9.17, 15) is 24.0 Å². The van der Waals surface area contributed by atoms with Gasteiger partial charge in [-0.1, -0.05) is 72.8 Å². The first-order valence-corrected chi connectivity index (χ1v) is 14.4. The van der Waals surface area contributed by atoms with E-state index >= 15 is 0 Å². The SMILES string of the molecule is CC(C)(C)NC(=O)O[C@@H](Cc1cccc(CNC(=O)OCC2c3ccccc3-c3ccccc32)c1)C(=O)NNC(=O)CC(N)=O. The van der Waals surface area contributed by atoms with E-state index in [-0.39, 0.29) is 25.5 Å². The molecule has 1 atom stereocenters. The van der Waals surface area contributed by atoms with Crippen molar-refractivity contribution in [2.24, 2.45) is 5.73 Å². The van der Waals surface area contributed by atoms with Gasteiger partial charge in [-0.2, -0.15) is 0 Å². The molecule has 0 bridgehead atoms. The maximum Gasteiger partial charge on any atom is 0.408 e. The first kappa shape index (κ1) is 32.5. The number of carbonyl (C=O) groups is 5. The number of rotatable bonds is 10. The highest BCUT2D eigenvalue weighted by Crippen LogP contribution is 2.44. The van der Waals surface area contributed by atoms with Gasteiger partial charge >= 0.3 is 12.2 Å². The van der Waals surface area contributed by atoms with Gasteiger partial charge in [-0.15, -0.1) is 0 Å². The molecule has 0 heterocycles. The number of hydrogen-bond donors (Lipinski definition) is 5. The Morgan fingerprint density at radius 3 is 2.07 bits per heavy atom. The lowest BCUT2D eigenvalue weighted by atomic mass is 9.98. The van der Waals surface area contributed by atoms with Crippen molar-refractivity contribution >= 4 is 29.9 Å². The summed E-state index contributed by atoms with van der Waals surface area (Å²) in [5.41, 5.74) is 14.4. The Balaban J connectivity index is 1.35. The van der Waals surface area contributed by atoms with Gasteiger partial charge < -0.3 is 25.8 Å². The van der Waals surface area contributed by atoms with Crippen LogP contribution in [0.25, 0.3) is 11.1 Å². The number of fused-ring (bicyclic) bond motifs is 3. The number of nitrogens with two attached hydrogens (primary N) is 1. The number of alkyl carbamates (subject to hydrolysis) is 2. The number of benzene rings is 3. The second kappa shape index (κ2) is 14.4. The summed E-state index contributed by atoms with van der Waals surface area (Å²) in [4.78, 5) is 60.7. The minimum Gasteiger partial charge on any atom is -0.449 e. The van der Waals surface area contributed by atoms with Gasteiger partial charge in [0.25, 0.3) is 5.91 Å². The molecule has 12 nitrogen and oxygen atoms in total. The van der Waals surface area contributed by atoms with Crippen LogP contribution < -0.4 is 27.2 Å². The molecule has 12 heteroatoms. The molecular weight excluding hydrogens is 578 g/mol. The Hall–Kier alpha value is -5.39. The number of ether oxygens (including phenoxy) is 2. The predicted octanol–water partition coefficient (Wildman–Crippen LogP) is 3.18. The molecule has 0 saturated carbocycles. The van der Waals surface area contributed by atoms with E-state index in [1.165, 1.54) is 0 Å². The van der Waals surface area contributed by atoms with Crippen molar-refractivity contribution in [2.75, 3.05) is 6.61 Å². The van der Waals surface area contributed by atoms with Crippen LogP contribution >= 0.6 is 0 Å². The fourth-order valence-corrected chi connectivity index (χ4v) is 4.97. The van der Waals surface area contributed by atoms with Crippen LogP contribution in [0.5, 0.6) is 0 Å². The molecule has 0 spiro atoms. The maximum absolute atomic E-state index is 12.9. The van der Waals surface area contributed by atoms with Crippen molar-refractivity contribution in [1.82, 2.24) is 21.5 Å². The van der Waals surface area contributed by atoms with Crippen molar-refractivity contribution in [3.8, 4) is 11.1 Å². The van der Waals surface area contributed by atoms with Crippen LogP contribution in [0.15, 0.2) is 72.8 Å². The van der Waals surface area contributed by atoms with Crippen molar-refractivity contribution in [3.05, 3.63) is 95.1 Å². The summed E-state index contributed by atoms with van der Waals surface area (Å²) >= 11 is 0. The molecule has 1 aliphatic carbocycles. The van der Waals surface area contributed by atoms with Gasteiger partial charge in [-0.05, 0) is 54.2 Å². The van der Waals surface area contributed by atoms with Crippen molar-refractivity contribution in [1.29, 1.82) is 0 Å². The average Bonchev–Trinajstić information content (AvgIpc) is 3.30. The van der Waals surface area contributed by atoms with Crippen molar-refractivity contribution in [2.45, 2.75) is 57.7 Å². The van der Waals surface area contributed by atoms with Crippen LogP contribution in [0.2, 0.25) is 0 Å². The summed E-state index contributed by atoms with van der Waals surface area (Å²) in [5.74, 6) is -2.58. The highest BCUT2D eigenvalue weighted by molar-refractivity contribution is 5.97. The van der Waals surface area contributed by atoms with Gasteiger partial charge in [-0.25, -0.2) is 9.59 Å². The lowest BCUT2D eigenvalue weighted by molar-refractivity contribution is -0.135. The molecule has 0 radical (unpaired) electrons. The first-order chi connectivity index (χ1) is 21.4. The topological polar surface area (TPSA) is 178 Å². The van der Waals surface area contributed by atoms with Gasteiger partial charge in [0, 0.05) is 24.4 Å². The molecule has 3 aromatic carbocycles. The molecule has 45 heavy (non-hydrogen) atoms. The normalized spacial score (nSPS) is 12.6. The minimum absolute atomic E-state index is 0.0477. The number of amides is 5. The lowest BCUT2D eigenvalue weighted by Gasteiger charge is -2.23. The number of primary amides is 1. The number of carbonyl (C=O) groups excluding carboxylic acids is 5. The third kappa shape index (κ3) is 9.30. The summed E-state index contributed by atoms with van der Waals surface area (Å²) < 4.78 is 11.0. The summed E-state index contributed by atoms with van der Waals surface area (Å²) in [5, 5.41) is 5.38. The third-order valence-electron chi connectivity index (χ3n) is 6.87. The summed E-state index contributed by atoms with van der Waals surface area (Å²) in [7, 11) is 0. The first-order valence-electron chi connectivity index (χ1n) is 14.4. The van der Waals surface area contributed by atoms with Gasteiger partial charge in [0.1, 0.15) is 13.0 Å². The molecule has 0 aromatic heterocycles. The fourth-order valence-electron chi connectivity index (χ4n) is 4.97. The van der Waals surface area contributed by atoms with Gasteiger partial charge in [-0.3, -0.25) is 25.2 Å². The third-order valence-corrected chi connectivity index (χ3v) is 6.87. The van der Waals surface area contributed by atoms with Crippen LogP contribution in [-0.2, 0) is 36.8 Å². The van der Waals surface area contributed by atoms with Gasteiger partial charge in [0.05, 0.1) is 0 Å². The minimum atomic E-state index is -1.34. The van der Waals surface area contributed by atoms with E-state index in [1.54, 1.807) is 45.0 Å². The molecule has 0 saturated heterocycles. The largest absolute Gasteiger partial charge is 0.449 e. The van der Waals surface area contributed by atoms with E-state index < -0.39 is 48.0 Å². The Bertz CT molecular complexity index is 1540. The Labute approximate surface area is 261 Å². The summed E-state index contributed by atoms with van der Waals surface area (Å²) in [6.07, 6.45) is -3.43. The molecule has 0 unspecified atom stereocenters. The Kier molecular flexibility index (Phi) is 10.4. The number of nitrogens with one attached hydrogen (secondary N) is 4. The highest BCUT2D eigenvalue weighted by atomic mass is 16.6. The van der Waals surface area contributed by atoms with E-state index in [0.29, 0.717) is 11.1 Å². The van der Waals surface area contributed by atoms with Crippen molar-refractivity contribution < 1.29 is 33.4 Å². The van der Waals surface area contributed by atoms with Crippen LogP contribution in [0.1, 0.15) is 55.4 Å². The highest BCUT2D eigenvalue weighted by Gasteiger charge is 2.29. The van der Waals surface area contributed by atoms with Crippen LogP contribution in [0.4, 0.5) is 9.59 Å². The monoisotopic (exact) mass is 615 g/mol. The molecule has 4 rings (SSSR count). The molecule has 3 aromatic rings. The van der Waals surface area contributed by atoms with Crippen LogP contribution in [0, 0.1) is 0 Å². The van der Waals surface area contributed by atoms with Crippen LogP contribution in [0.3, 0.4) is 0 Å². The molecular formula is C33H37N5O7. The van der Waals surface area contributed by atoms with E-state index in [2.05, 4.69) is 33.6 Å². The van der Waals surface area contributed by atoms with Crippen molar-refractivity contribution in [3.63, 3.8) is 0 Å². The predicted molar refractivity (Wildman–Crippen MR) is 165 cm³/mol. The fraction of sp³-hybridized carbons (Fsp3) is 0.303. The molecule has 0 aliphatic heterocycles. The maximum atomic E-state index is 12.9. The van der Waals surface area contributed by atoms with Crippen LogP contribution in [-0.4, -0.2) is 48.2 Å². The number of hydrogen-bond acceptors (Lipinski definition) is 7. The van der Waals surface area contributed by atoms with Gasteiger partial charge in [0.15, 0.2) is 6.10 Å². The second-order valence-corrected chi connectivity index (χ2v) is 11.7. The molecule has 1 aliphatic rings.